The summed E-state index contributed by atoms with van der Waals surface area (Å²) in [6.07, 6.45) is 5.30. The molecular weight excluding hydrogens is 248 g/mol. The van der Waals surface area contributed by atoms with Gasteiger partial charge in [0.1, 0.15) is 0 Å². The zero-order valence-electron chi connectivity index (χ0n) is 10.7. The third-order valence-electron chi connectivity index (χ3n) is 3.61. The lowest BCUT2D eigenvalue weighted by molar-refractivity contribution is 0.0696. The summed E-state index contributed by atoms with van der Waals surface area (Å²) in [5.41, 5.74) is 0.835. The van der Waals surface area contributed by atoms with Gasteiger partial charge in [-0.25, -0.2) is 9.78 Å². The summed E-state index contributed by atoms with van der Waals surface area (Å²) in [5, 5.41) is 14.2. The van der Waals surface area contributed by atoms with Gasteiger partial charge in [0, 0.05) is 11.9 Å². The first-order valence-electron chi connectivity index (χ1n) is 6.53. The summed E-state index contributed by atoms with van der Waals surface area (Å²) in [6.45, 7) is 4.02. The molecule has 1 aromatic rings. The molecule has 0 aromatic carbocycles. The van der Waals surface area contributed by atoms with E-state index in [0.717, 1.165) is 24.1 Å². The molecule has 1 aromatic heterocycles. The maximum atomic E-state index is 10.7. The highest BCUT2D eigenvalue weighted by atomic mass is 32.1. The minimum atomic E-state index is -0.937. The molecule has 0 spiro atoms. The number of carboxylic acid groups (broad SMARTS) is 1. The average molecular weight is 268 g/mol. The van der Waals surface area contributed by atoms with Crippen LogP contribution in [-0.4, -0.2) is 22.6 Å². The predicted octanol–water partition coefficient (Wildman–Crippen LogP) is 2.76. The van der Waals surface area contributed by atoms with Crippen molar-refractivity contribution >= 4 is 17.3 Å². The van der Waals surface area contributed by atoms with E-state index < -0.39 is 5.97 Å². The Morgan fingerprint density at radius 3 is 2.83 bits per heavy atom. The molecular formula is C13H20N2O2S. The Morgan fingerprint density at radius 2 is 2.22 bits per heavy atom. The van der Waals surface area contributed by atoms with Crippen LogP contribution in [0.15, 0.2) is 5.38 Å². The van der Waals surface area contributed by atoms with Gasteiger partial charge in [0.25, 0.3) is 0 Å². The van der Waals surface area contributed by atoms with Crippen LogP contribution in [0, 0.1) is 11.8 Å². The van der Waals surface area contributed by atoms with Gasteiger partial charge in [-0.3, -0.25) is 0 Å². The van der Waals surface area contributed by atoms with Crippen molar-refractivity contribution in [1.82, 2.24) is 10.3 Å². The minimum absolute atomic E-state index is 0.179. The van der Waals surface area contributed by atoms with Crippen LogP contribution in [0.2, 0.25) is 0 Å². The lowest BCUT2D eigenvalue weighted by Crippen LogP contribution is -2.25. The number of nitrogens with one attached hydrogen (secondary N) is 1. The molecule has 2 rings (SSSR count). The number of rotatable bonds is 5. The van der Waals surface area contributed by atoms with Crippen molar-refractivity contribution in [2.75, 3.05) is 6.54 Å². The lowest BCUT2D eigenvalue weighted by atomic mass is 9.83. The van der Waals surface area contributed by atoms with E-state index in [4.69, 9.17) is 5.11 Å². The van der Waals surface area contributed by atoms with Crippen LogP contribution in [0.3, 0.4) is 0 Å². The molecule has 2 N–H and O–H groups in total. The monoisotopic (exact) mass is 268 g/mol. The van der Waals surface area contributed by atoms with Gasteiger partial charge in [0.15, 0.2) is 0 Å². The van der Waals surface area contributed by atoms with Crippen molar-refractivity contribution in [3.63, 3.8) is 0 Å². The van der Waals surface area contributed by atoms with Gasteiger partial charge >= 0.3 is 5.97 Å². The van der Waals surface area contributed by atoms with E-state index in [-0.39, 0.29) is 5.01 Å². The second-order valence-corrected chi connectivity index (χ2v) is 6.06. The zero-order valence-corrected chi connectivity index (χ0v) is 11.5. The molecule has 18 heavy (non-hydrogen) atoms. The summed E-state index contributed by atoms with van der Waals surface area (Å²) in [5.74, 6) is 0.726. The first-order chi connectivity index (χ1) is 8.65. The normalized spacial score (nSPS) is 24.1. The van der Waals surface area contributed by atoms with Crippen molar-refractivity contribution in [2.45, 2.75) is 39.2 Å². The number of carboxylic acids is 1. The Labute approximate surface area is 111 Å². The van der Waals surface area contributed by atoms with E-state index in [1.807, 2.05) is 5.38 Å². The van der Waals surface area contributed by atoms with Crippen LogP contribution in [-0.2, 0) is 6.54 Å². The first-order valence-corrected chi connectivity index (χ1v) is 7.41. The fourth-order valence-corrected chi connectivity index (χ4v) is 3.08. The SMILES string of the molecule is CC1CCC(CNCc2csc(C(=O)O)n2)CC1. The summed E-state index contributed by atoms with van der Waals surface area (Å²) in [6, 6.07) is 0. The van der Waals surface area contributed by atoms with Gasteiger partial charge in [0.2, 0.25) is 5.01 Å². The number of aromatic carboxylic acids is 1. The van der Waals surface area contributed by atoms with E-state index >= 15 is 0 Å². The molecule has 1 saturated carbocycles. The van der Waals surface area contributed by atoms with E-state index in [9.17, 15) is 4.79 Å². The summed E-state index contributed by atoms with van der Waals surface area (Å²) < 4.78 is 0. The highest BCUT2D eigenvalue weighted by Crippen LogP contribution is 2.27. The number of aromatic nitrogens is 1. The average Bonchev–Trinajstić information content (AvgIpc) is 2.81. The van der Waals surface area contributed by atoms with Gasteiger partial charge in [-0.1, -0.05) is 19.8 Å². The van der Waals surface area contributed by atoms with Crippen LogP contribution < -0.4 is 5.32 Å². The largest absolute Gasteiger partial charge is 0.476 e. The van der Waals surface area contributed by atoms with Crippen LogP contribution in [0.4, 0.5) is 0 Å². The zero-order chi connectivity index (χ0) is 13.0. The van der Waals surface area contributed by atoms with Crippen LogP contribution in [0.25, 0.3) is 0 Å². The van der Waals surface area contributed by atoms with Gasteiger partial charge in [-0.15, -0.1) is 11.3 Å². The number of carbonyl (C=O) groups is 1. The predicted molar refractivity (Wildman–Crippen MR) is 71.9 cm³/mol. The third-order valence-corrected chi connectivity index (χ3v) is 4.49. The molecule has 0 bridgehead atoms. The molecule has 5 heteroatoms. The Kier molecular flexibility index (Phi) is 4.72. The minimum Gasteiger partial charge on any atom is -0.476 e. The molecule has 4 nitrogen and oxygen atoms in total. The van der Waals surface area contributed by atoms with Gasteiger partial charge in [-0.2, -0.15) is 0 Å². The summed E-state index contributed by atoms with van der Waals surface area (Å²) in [7, 11) is 0. The van der Waals surface area contributed by atoms with Gasteiger partial charge < -0.3 is 10.4 Å². The molecule has 0 unspecified atom stereocenters. The molecule has 0 radical (unpaired) electrons. The Hall–Kier alpha value is -0.940. The number of thiazole rings is 1. The van der Waals surface area contributed by atoms with Crippen molar-refractivity contribution in [3.05, 3.63) is 16.1 Å². The van der Waals surface area contributed by atoms with Crippen LogP contribution in [0.5, 0.6) is 0 Å². The fourth-order valence-electron chi connectivity index (χ4n) is 2.42. The number of hydrogen-bond acceptors (Lipinski definition) is 4. The topological polar surface area (TPSA) is 62.2 Å². The highest BCUT2D eigenvalue weighted by molar-refractivity contribution is 7.11. The third kappa shape index (κ3) is 3.78. The van der Waals surface area contributed by atoms with Gasteiger partial charge in [0.05, 0.1) is 5.69 Å². The second kappa shape index (κ2) is 6.29. The molecule has 0 atom stereocenters. The first kappa shape index (κ1) is 13.5. The van der Waals surface area contributed by atoms with Gasteiger partial charge in [-0.05, 0) is 31.2 Å². The second-order valence-electron chi connectivity index (χ2n) is 5.21. The van der Waals surface area contributed by atoms with E-state index in [1.54, 1.807) is 0 Å². The number of nitrogens with zero attached hydrogens (tertiary/aromatic N) is 1. The molecule has 1 aliphatic carbocycles. The Balaban J connectivity index is 1.70. The quantitative estimate of drug-likeness (QED) is 0.862. The molecule has 1 fully saturated rings. The van der Waals surface area contributed by atoms with E-state index in [0.29, 0.717) is 6.54 Å². The van der Waals surface area contributed by atoms with Crippen molar-refractivity contribution in [1.29, 1.82) is 0 Å². The summed E-state index contributed by atoms with van der Waals surface area (Å²) in [4.78, 5) is 14.8. The lowest BCUT2D eigenvalue weighted by Gasteiger charge is -2.26. The van der Waals surface area contributed by atoms with Crippen LogP contribution in [0.1, 0.15) is 48.1 Å². The van der Waals surface area contributed by atoms with E-state index in [2.05, 4.69) is 17.2 Å². The highest BCUT2D eigenvalue weighted by Gasteiger charge is 2.17. The van der Waals surface area contributed by atoms with Crippen molar-refractivity contribution in [3.8, 4) is 0 Å². The molecule has 0 saturated heterocycles. The smallest absolute Gasteiger partial charge is 0.365 e. The van der Waals surface area contributed by atoms with Crippen molar-refractivity contribution < 1.29 is 9.90 Å². The van der Waals surface area contributed by atoms with E-state index in [1.165, 1.54) is 37.0 Å². The fraction of sp³-hybridized carbons (Fsp3) is 0.692. The van der Waals surface area contributed by atoms with Crippen molar-refractivity contribution in [2.24, 2.45) is 11.8 Å². The maximum Gasteiger partial charge on any atom is 0.365 e. The molecule has 0 aliphatic heterocycles. The Bertz CT molecular complexity index is 397. The Morgan fingerprint density at radius 1 is 1.50 bits per heavy atom. The number of hydrogen-bond donors (Lipinski definition) is 2. The molecule has 1 heterocycles. The van der Waals surface area contributed by atoms with Crippen LogP contribution >= 0.6 is 11.3 Å². The standard InChI is InChI=1S/C13H20N2O2S/c1-9-2-4-10(5-3-9)6-14-7-11-8-18-12(15-11)13(16)17/h8-10,14H,2-7H2,1H3,(H,16,17). The molecule has 0 amide bonds. The maximum absolute atomic E-state index is 10.7. The molecule has 1 aliphatic rings. The molecule has 100 valence electrons. The summed E-state index contributed by atoms with van der Waals surface area (Å²) >= 11 is 1.19.